The quantitative estimate of drug-likeness (QED) is 0.213. The molecule has 1 aliphatic heterocycles. The summed E-state index contributed by atoms with van der Waals surface area (Å²) in [6, 6.07) is 28.1. The number of para-hydroxylation sites is 2. The van der Waals surface area contributed by atoms with Crippen molar-refractivity contribution in [2.24, 2.45) is 5.90 Å². The van der Waals surface area contributed by atoms with Crippen LogP contribution >= 0.6 is 23.5 Å². The van der Waals surface area contributed by atoms with Crippen LogP contribution in [-0.4, -0.2) is 11.7 Å². The van der Waals surface area contributed by atoms with Gasteiger partial charge in [0, 0.05) is 34.6 Å². The lowest BCUT2D eigenvalue weighted by Gasteiger charge is -2.35. The first-order valence-electron chi connectivity index (χ1n) is 10.6. The molecule has 3 aromatic rings. The van der Waals surface area contributed by atoms with Crippen molar-refractivity contribution in [1.29, 1.82) is 0 Å². The van der Waals surface area contributed by atoms with E-state index in [4.69, 9.17) is 10.7 Å². The minimum absolute atomic E-state index is 0.440. The van der Waals surface area contributed by atoms with Gasteiger partial charge in [0.2, 0.25) is 0 Å². The van der Waals surface area contributed by atoms with Gasteiger partial charge in [0.25, 0.3) is 0 Å². The zero-order valence-electron chi connectivity index (χ0n) is 17.8. The predicted octanol–water partition coefficient (Wildman–Crippen LogP) is 7.17. The Hall–Kier alpha value is -2.18. The second kappa shape index (κ2) is 10.9. The van der Waals surface area contributed by atoms with E-state index in [1.165, 1.54) is 50.7 Å². The van der Waals surface area contributed by atoms with Crippen LogP contribution in [0, 0.1) is 0 Å². The van der Waals surface area contributed by atoms with Crippen LogP contribution in [0.4, 0.5) is 11.4 Å². The minimum atomic E-state index is 0.440. The van der Waals surface area contributed by atoms with E-state index in [0.717, 1.165) is 12.3 Å². The van der Waals surface area contributed by atoms with Crippen LogP contribution in [0.1, 0.15) is 36.5 Å². The Kier molecular flexibility index (Phi) is 7.76. The highest BCUT2D eigenvalue weighted by Gasteiger charge is 2.28. The van der Waals surface area contributed by atoms with Crippen LogP contribution in [0.3, 0.4) is 0 Å². The first-order valence-corrected chi connectivity index (χ1v) is 12.6. The Bertz CT molecular complexity index is 987. The van der Waals surface area contributed by atoms with Crippen LogP contribution in [0.2, 0.25) is 0 Å². The van der Waals surface area contributed by atoms with E-state index < -0.39 is 0 Å². The largest absolute Gasteiger partial charge is 0.336 e. The third-order valence-electron chi connectivity index (χ3n) is 5.31. The summed E-state index contributed by atoms with van der Waals surface area (Å²) in [6.07, 6.45) is 2.38. The lowest BCUT2D eigenvalue weighted by molar-refractivity contribution is 0.190. The van der Waals surface area contributed by atoms with E-state index in [-0.39, 0.29) is 0 Å². The molecule has 0 bridgehead atoms. The fraction of sp³-hybridized carbons (Fsp3) is 0.231. The molecule has 0 saturated carbocycles. The number of benzene rings is 3. The van der Waals surface area contributed by atoms with E-state index in [9.17, 15) is 0 Å². The van der Waals surface area contributed by atoms with Crippen molar-refractivity contribution in [1.82, 2.24) is 0 Å². The molecule has 0 aliphatic carbocycles. The van der Waals surface area contributed by atoms with Gasteiger partial charge in [-0.15, -0.1) is 11.8 Å². The molecule has 4 rings (SSSR count). The summed E-state index contributed by atoms with van der Waals surface area (Å²) >= 11 is 3.60. The molecule has 3 nitrogen and oxygen atoms in total. The van der Waals surface area contributed by atoms with Crippen LogP contribution in [-0.2, 0) is 11.4 Å². The van der Waals surface area contributed by atoms with Crippen molar-refractivity contribution in [3.05, 3.63) is 99.8 Å². The van der Waals surface area contributed by atoms with Crippen LogP contribution in [0.15, 0.2) is 83.1 Å². The molecule has 31 heavy (non-hydrogen) atoms. The van der Waals surface area contributed by atoms with Gasteiger partial charge in [0.15, 0.2) is 0 Å². The molecule has 2 N–H and O–H groups in total. The average Bonchev–Trinajstić information content (AvgIpc) is 2.82. The fourth-order valence-electron chi connectivity index (χ4n) is 3.85. The molecule has 0 fully saturated rings. The fourth-order valence-corrected chi connectivity index (χ4v) is 6.10. The van der Waals surface area contributed by atoms with Gasteiger partial charge >= 0.3 is 0 Å². The number of anilines is 2. The van der Waals surface area contributed by atoms with E-state index in [2.05, 4.69) is 90.7 Å². The van der Waals surface area contributed by atoms with Crippen LogP contribution in [0.25, 0.3) is 5.57 Å². The minimum Gasteiger partial charge on any atom is -0.336 e. The normalized spacial score (nSPS) is 12.5. The number of hydrogen-bond acceptors (Lipinski definition) is 5. The van der Waals surface area contributed by atoms with Gasteiger partial charge < -0.3 is 4.90 Å². The predicted molar refractivity (Wildman–Crippen MR) is 136 cm³/mol. The molecule has 1 heterocycles. The lowest BCUT2D eigenvalue weighted by Crippen LogP contribution is -2.23. The van der Waals surface area contributed by atoms with Gasteiger partial charge in [-0.1, -0.05) is 91.8 Å². The summed E-state index contributed by atoms with van der Waals surface area (Å²) in [6.45, 7) is 3.07. The third kappa shape index (κ3) is 5.01. The second-order valence-electron chi connectivity index (χ2n) is 7.40. The summed E-state index contributed by atoms with van der Waals surface area (Å²) in [5.41, 5.74) is 7.59. The summed E-state index contributed by atoms with van der Waals surface area (Å²) < 4.78 is 1.28. The SMILES string of the molecule is CCCCSC(SCON)=C1c2ccccc2N(Cc2ccccc2)c2ccccc21. The number of fused-ring (bicyclic) bond motifs is 2. The maximum atomic E-state index is 5.40. The Morgan fingerprint density at radius 2 is 1.45 bits per heavy atom. The highest BCUT2D eigenvalue weighted by Crippen LogP contribution is 2.50. The van der Waals surface area contributed by atoms with E-state index in [1.54, 1.807) is 11.8 Å². The van der Waals surface area contributed by atoms with Crippen molar-refractivity contribution in [3.8, 4) is 0 Å². The average molecular weight is 449 g/mol. The zero-order valence-corrected chi connectivity index (χ0v) is 19.4. The highest BCUT2D eigenvalue weighted by molar-refractivity contribution is 8.22. The van der Waals surface area contributed by atoms with E-state index in [1.807, 2.05) is 11.8 Å². The van der Waals surface area contributed by atoms with Gasteiger partial charge in [-0.25, -0.2) is 5.90 Å². The van der Waals surface area contributed by atoms with E-state index in [0.29, 0.717) is 5.94 Å². The number of nitrogens with two attached hydrogens (primary N) is 1. The molecule has 0 aromatic heterocycles. The third-order valence-corrected chi connectivity index (χ3v) is 7.69. The standard InChI is InChI=1S/C26H28N2OS2/c1-2-3-17-30-26(31-19-29-27)25-21-13-7-9-15-23(21)28(18-20-11-5-4-6-12-20)24-16-10-8-14-22(24)25/h4-16H,2-3,17-19,27H2,1H3. The van der Waals surface area contributed by atoms with Crippen molar-refractivity contribution >= 4 is 40.5 Å². The molecule has 0 saturated heterocycles. The molecular formula is C26H28N2OS2. The monoisotopic (exact) mass is 448 g/mol. The molecule has 0 radical (unpaired) electrons. The van der Waals surface area contributed by atoms with Crippen molar-refractivity contribution < 1.29 is 4.84 Å². The maximum absolute atomic E-state index is 5.40. The molecule has 0 unspecified atom stereocenters. The molecule has 0 spiro atoms. The molecule has 5 heteroatoms. The molecule has 160 valence electrons. The van der Waals surface area contributed by atoms with Gasteiger partial charge in [-0.3, -0.25) is 4.84 Å². The smallest absolute Gasteiger partial charge is 0.118 e. The number of hydrogen-bond donors (Lipinski definition) is 1. The first-order chi connectivity index (χ1) is 15.3. The highest BCUT2D eigenvalue weighted by atomic mass is 32.2. The van der Waals surface area contributed by atoms with Gasteiger partial charge in [0.1, 0.15) is 5.94 Å². The van der Waals surface area contributed by atoms with Crippen LogP contribution in [0.5, 0.6) is 0 Å². The molecule has 3 aromatic carbocycles. The number of rotatable bonds is 9. The van der Waals surface area contributed by atoms with Crippen molar-refractivity contribution in [2.75, 3.05) is 16.6 Å². The summed E-state index contributed by atoms with van der Waals surface area (Å²) in [4.78, 5) is 7.38. The van der Waals surface area contributed by atoms with Crippen LogP contribution < -0.4 is 10.8 Å². The van der Waals surface area contributed by atoms with Gasteiger partial charge in [0.05, 0.1) is 4.24 Å². The Morgan fingerprint density at radius 3 is 2.06 bits per heavy atom. The van der Waals surface area contributed by atoms with Crippen molar-refractivity contribution in [3.63, 3.8) is 0 Å². The van der Waals surface area contributed by atoms with E-state index >= 15 is 0 Å². The Labute approximate surface area is 193 Å². The van der Waals surface area contributed by atoms with Gasteiger partial charge in [-0.2, -0.15) is 0 Å². The number of unbranched alkanes of at least 4 members (excludes halogenated alkanes) is 1. The molecular weight excluding hydrogens is 420 g/mol. The molecule has 0 amide bonds. The summed E-state index contributed by atoms with van der Waals surface area (Å²) in [7, 11) is 0. The maximum Gasteiger partial charge on any atom is 0.118 e. The number of nitrogens with zero attached hydrogens (tertiary/aromatic N) is 1. The Balaban J connectivity index is 1.85. The summed E-state index contributed by atoms with van der Waals surface area (Å²) in [5, 5.41) is 0. The second-order valence-corrected chi connectivity index (χ2v) is 9.70. The zero-order chi connectivity index (χ0) is 21.5. The number of thioether (sulfide) groups is 2. The van der Waals surface area contributed by atoms with Gasteiger partial charge in [-0.05, 0) is 29.9 Å². The van der Waals surface area contributed by atoms with Crippen molar-refractivity contribution in [2.45, 2.75) is 26.3 Å². The molecule has 0 atom stereocenters. The first kappa shape index (κ1) is 22.0. The molecule has 1 aliphatic rings. The summed E-state index contributed by atoms with van der Waals surface area (Å²) in [5.74, 6) is 6.93. The Morgan fingerprint density at radius 1 is 0.839 bits per heavy atom. The lowest BCUT2D eigenvalue weighted by atomic mass is 9.91. The topological polar surface area (TPSA) is 38.5 Å².